The Bertz CT molecular complexity index is 259. The van der Waals surface area contributed by atoms with Crippen molar-refractivity contribution >= 4 is 0 Å². The van der Waals surface area contributed by atoms with Gasteiger partial charge in [0.1, 0.15) is 6.10 Å². The van der Waals surface area contributed by atoms with Crippen LogP contribution in [0.2, 0.25) is 0 Å². The molecule has 0 amide bonds. The normalized spacial score (nSPS) is 17.8. The fraction of sp³-hybridized carbons (Fsp3) is 0.556. The molecule has 0 radical (unpaired) electrons. The molecule has 2 rings (SSSR count). The molecule has 0 saturated carbocycles. The summed E-state index contributed by atoms with van der Waals surface area (Å²) in [6.07, 6.45) is 2.98. The van der Waals surface area contributed by atoms with Crippen LogP contribution < -0.4 is 5.73 Å². The van der Waals surface area contributed by atoms with Crippen LogP contribution in [0.3, 0.4) is 0 Å². The number of aliphatic hydroxyl groups is 1. The summed E-state index contributed by atoms with van der Waals surface area (Å²) in [7, 11) is 0. The summed E-state index contributed by atoms with van der Waals surface area (Å²) in [4.78, 5) is 3.21. The van der Waals surface area contributed by atoms with E-state index in [2.05, 4.69) is 4.98 Å². The first-order chi connectivity index (χ1) is 5.81. The summed E-state index contributed by atoms with van der Waals surface area (Å²) in [6, 6.07) is 2.04. The molecule has 1 aromatic heterocycles. The van der Waals surface area contributed by atoms with Gasteiger partial charge in [-0.2, -0.15) is 0 Å². The van der Waals surface area contributed by atoms with Crippen molar-refractivity contribution in [2.24, 2.45) is 5.73 Å². The number of H-pyrrole nitrogens is 1. The van der Waals surface area contributed by atoms with Gasteiger partial charge in [0, 0.05) is 17.9 Å². The van der Waals surface area contributed by atoms with E-state index in [-0.39, 0.29) is 0 Å². The molecule has 1 aliphatic carbocycles. The van der Waals surface area contributed by atoms with E-state index in [9.17, 15) is 5.11 Å². The van der Waals surface area contributed by atoms with E-state index in [1.807, 2.05) is 6.07 Å². The van der Waals surface area contributed by atoms with Crippen LogP contribution in [0.5, 0.6) is 0 Å². The van der Waals surface area contributed by atoms with Crippen molar-refractivity contribution in [2.45, 2.75) is 25.4 Å². The summed E-state index contributed by atoms with van der Waals surface area (Å²) in [5.41, 5.74) is 8.88. The molecule has 3 nitrogen and oxygen atoms in total. The molecule has 3 heteroatoms. The molecule has 0 spiro atoms. The molecule has 1 heterocycles. The van der Waals surface area contributed by atoms with E-state index in [4.69, 9.17) is 5.73 Å². The first kappa shape index (κ1) is 7.83. The number of fused-ring (bicyclic) bond motifs is 1. The van der Waals surface area contributed by atoms with Crippen molar-refractivity contribution in [2.75, 3.05) is 6.54 Å². The Balaban J connectivity index is 2.25. The maximum atomic E-state index is 9.43. The Kier molecular flexibility index (Phi) is 1.90. The number of aliphatic hydroxyl groups excluding tert-OH is 1. The Morgan fingerprint density at radius 2 is 2.42 bits per heavy atom. The Hall–Kier alpha value is -0.800. The van der Waals surface area contributed by atoms with Crippen LogP contribution in [0.15, 0.2) is 6.07 Å². The molecule has 0 aliphatic heterocycles. The van der Waals surface area contributed by atoms with Gasteiger partial charge in [0.15, 0.2) is 0 Å². The lowest BCUT2D eigenvalue weighted by Gasteiger charge is -2.03. The molecule has 0 aromatic carbocycles. The second-order valence-electron chi connectivity index (χ2n) is 3.33. The predicted molar refractivity (Wildman–Crippen MR) is 46.8 cm³/mol. The van der Waals surface area contributed by atoms with Gasteiger partial charge in [-0.25, -0.2) is 0 Å². The average molecular weight is 166 g/mol. The average Bonchev–Trinajstić information content (AvgIpc) is 2.60. The highest BCUT2D eigenvalue weighted by Gasteiger charge is 2.16. The topological polar surface area (TPSA) is 62.0 Å². The lowest BCUT2D eigenvalue weighted by molar-refractivity contribution is 0.182. The van der Waals surface area contributed by atoms with E-state index >= 15 is 0 Å². The fourth-order valence-electron chi connectivity index (χ4n) is 1.77. The molecular weight excluding hydrogens is 152 g/mol. The highest BCUT2D eigenvalue weighted by molar-refractivity contribution is 5.30. The molecule has 0 bridgehead atoms. The fourth-order valence-corrected chi connectivity index (χ4v) is 1.77. The molecule has 0 fully saturated rings. The second-order valence-corrected chi connectivity index (χ2v) is 3.33. The van der Waals surface area contributed by atoms with Gasteiger partial charge < -0.3 is 15.8 Å². The standard InChI is InChI=1S/C9H14N2O/c10-5-9(12)8-4-6-2-1-3-7(6)11-8/h4,9,11-12H,1-3,5,10H2. The number of rotatable bonds is 2. The first-order valence-electron chi connectivity index (χ1n) is 4.40. The minimum absolute atomic E-state index is 0.291. The van der Waals surface area contributed by atoms with Crippen molar-refractivity contribution in [3.8, 4) is 0 Å². The Labute approximate surface area is 71.6 Å². The van der Waals surface area contributed by atoms with Crippen LogP contribution >= 0.6 is 0 Å². The van der Waals surface area contributed by atoms with Gasteiger partial charge in [0.2, 0.25) is 0 Å². The van der Waals surface area contributed by atoms with Crippen LogP contribution in [0.4, 0.5) is 0 Å². The van der Waals surface area contributed by atoms with Crippen molar-refractivity contribution in [3.05, 3.63) is 23.0 Å². The molecule has 4 N–H and O–H groups in total. The number of hydrogen-bond donors (Lipinski definition) is 3. The van der Waals surface area contributed by atoms with Gasteiger partial charge in [0.25, 0.3) is 0 Å². The van der Waals surface area contributed by atoms with Crippen LogP contribution in [0.1, 0.15) is 29.5 Å². The van der Waals surface area contributed by atoms with Crippen LogP contribution in [0.25, 0.3) is 0 Å². The highest BCUT2D eigenvalue weighted by atomic mass is 16.3. The minimum Gasteiger partial charge on any atom is -0.386 e. The maximum Gasteiger partial charge on any atom is 0.106 e. The van der Waals surface area contributed by atoms with E-state index in [0.29, 0.717) is 6.54 Å². The molecule has 0 saturated heterocycles. The van der Waals surface area contributed by atoms with E-state index in [1.54, 1.807) is 0 Å². The Morgan fingerprint density at radius 1 is 1.58 bits per heavy atom. The third-order valence-electron chi connectivity index (χ3n) is 2.47. The van der Waals surface area contributed by atoms with Gasteiger partial charge in [-0.05, 0) is 30.9 Å². The van der Waals surface area contributed by atoms with Crippen molar-refractivity contribution in [1.29, 1.82) is 0 Å². The zero-order valence-corrected chi connectivity index (χ0v) is 7.01. The van der Waals surface area contributed by atoms with Crippen LogP contribution in [-0.2, 0) is 12.8 Å². The third kappa shape index (κ3) is 1.15. The van der Waals surface area contributed by atoms with Gasteiger partial charge in [-0.3, -0.25) is 0 Å². The second kappa shape index (κ2) is 2.92. The number of nitrogens with one attached hydrogen (secondary N) is 1. The third-order valence-corrected chi connectivity index (χ3v) is 2.47. The molecule has 1 aliphatic rings. The zero-order valence-electron chi connectivity index (χ0n) is 7.01. The Morgan fingerprint density at radius 3 is 3.08 bits per heavy atom. The molecule has 1 unspecified atom stereocenters. The number of aromatic nitrogens is 1. The molecular formula is C9H14N2O. The summed E-state index contributed by atoms with van der Waals surface area (Å²) in [6.45, 7) is 0.291. The number of aromatic amines is 1. The van der Waals surface area contributed by atoms with Crippen LogP contribution in [-0.4, -0.2) is 16.6 Å². The lowest BCUT2D eigenvalue weighted by Crippen LogP contribution is -2.11. The van der Waals surface area contributed by atoms with Crippen molar-refractivity contribution in [3.63, 3.8) is 0 Å². The summed E-state index contributed by atoms with van der Waals surface area (Å²) in [5, 5.41) is 9.43. The monoisotopic (exact) mass is 166 g/mol. The smallest absolute Gasteiger partial charge is 0.106 e. The number of nitrogens with two attached hydrogens (primary N) is 1. The first-order valence-corrected chi connectivity index (χ1v) is 4.40. The van der Waals surface area contributed by atoms with Crippen LogP contribution in [0, 0.1) is 0 Å². The molecule has 12 heavy (non-hydrogen) atoms. The van der Waals surface area contributed by atoms with Crippen molar-refractivity contribution < 1.29 is 5.11 Å². The minimum atomic E-state index is -0.518. The number of aryl methyl sites for hydroxylation is 2. The zero-order chi connectivity index (χ0) is 8.55. The van der Waals surface area contributed by atoms with Crippen molar-refractivity contribution in [1.82, 2.24) is 4.98 Å². The molecule has 1 aromatic rings. The number of hydrogen-bond acceptors (Lipinski definition) is 2. The van der Waals surface area contributed by atoms with Gasteiger partial charge in [0.05, 0.1) is 0 Å². The summed E-state index contributed by atoms with van der Waals surface area (Å²) >= 11 is 0. The quantitative estimate of drug-likeness (QED) is 0.599. The largest absolute Gasteiger partial charge is 0.386 e. The van der Waals surface area contributed by atoms with E-state index < -0.39 is 6.10 Å². The summed E-state index contributed by atoms with van der Waals surface area (Å²) in [5.74, 6) is 0. The van der Waals surface area contributed by atoms with Gasteiger partial charge in [-0.1, -0.05) is 0 Å². The van der Waals surface area contributed by atoms with Gasteiger partial charge >= 0.3 is 0 Å². The predicted octanol–water partition coefficient (Wildman–Crippen LogP) is 0.495. The van der Waals surface area contributed by atoms with E-state index in [0.717, 1.165) is 18.5 Å². The maximum absolute atomic E-state index is 9.43. The molecule has 1 atom stereocenters. The van der Waals surface area contributed by atoms with E-state index in [1.165, 1.54) is 17.7 Å². The van der Waals surface area contributed by atoms with Gasteiger partial charge in [-0.15, -0.1) is 0 Å². The SMILES string of the molecule is NCC(O)c1cc2c([nH]1)CCC2. The lowest BCUT2D eigenvalue weighted by atomic mass is 10.2. The summed E-state index contributed by atoms with van der Waals surface area (Å²) < 4.78 is 0. The molecule has 66 valence electrons. The highest BCUT2D eigenvalue weighted by Crippen LogP contribution is 2.24.